The minimum atomic E-state index is 0.172. The summed E-state index contributed by atoms with van der Waals surface area (Å²) in [4.78, 5) is 0. The van der Waals surface area contributed by atoms with Crippen molar-refractivity contribution >= 4 is 0 Å². The topological polar surface area (TPSA) is 39.2 Å². The quantitative estimate of drug-likeness (QED) is 0.892. The lowest BCUT2D eigenvalue weighted by Gasteiger charge is -2.47. The summed E-state index contributed by atoms with van der Waals surface area (Å²) >= 11 is 0. The van der Waals surface area contributed by atoms with E-state index in [-0.39, 0.29) is 11.5 Å². The standard InChI is InChI=1S/C16H19NO/c17-15(11-13-7-10-18-12-13)16(8-4-9-16)14-5-2-1-3-6-14/h1-3,5-7,10,12,15H,4,8-9,11,17H2. The molecule has 0 bridgehead atoms. The summed E-state index contributed by atoms with van der Waals surface area (Å²) in [5, 5.41) is 0. The van der Waals surface area contributed by atoms with Crippen LogP contribution in [0.25, 0.3) is 0 Å². The molecule has 1 fully saturated rings. The monoisotopic (exact) mass is 241 g/mol. The van der Waals surface area contributed by atoms with Gasteiger partial charge in [0.25, 0.3) is 0 Å². The number of hydrogen-bond acceptors (Lipinski definition) is 2. The van der Waals surface area contributed by atoms with Gasteiger partial charge >= 0.3 is 0 Å². The Hall–Kier alpha value is -1.54. The third-order valence-corrected chi connectivity index (χ3v) is 4.34. The Bertz CT molecular complexity index is 485. The van der Waals surface area contributed by atoms with Crippen LogP contribution < -0.4 is 5.73 Å². The second-order valence-electron chi connectivity index (χ2n) is 5.32. The molecule has 2 heteroatoms. The Kier molecular flexibility index (Phi) is 2.96. The maximum atomic E-state index is 6.50. The summed E-state index contributed by atoms with van der Waals surface area (Å²) in [5.41, 5.74) is 9.27. The molecule has 18 heavy (non-hydrogen) atoms. The van der Waals surface area contributed by atoms with E-state index >= 15 is 0 Å². The first-order valence-electron chi connectivity index (χ1n) is 6.63. The highest BCUT2D eigenvalue weighted by atomic mass is 16.3. The highest BCUT2D eigenvalue weighted by Crippen LogP contribution is 2.46. The fourth-order valence-electron chi connectivity index (χ4n) is 3.06. The van der Waals surface area contributed by atoms with Crippen LogP contribution in [0.3, 0.4) is 0 Å². The van der Waals surface area contributed by atoms with Crippen LogP contribution in [0, 0.1) is 0 Å². The number of hydrogen-bond donors (Lipinski definition) is 1. The van der Waals surface area contributed by atoms with E-state index in [1.165, 1.54) is 30.4 Å². The molecule has 3 rings (SSSR count). The molecular formula is C16H19NO. The molecule has 1 heterocycles. The van der Waals surface area contributed by atoms with Crippen molar-refractivity contribution in [2.45, 2.75) is 37.1 Å². The Morgan fingerprint density at radius 1 is 1.17 bits per heavy atom. The lowest BCUT2D eigenvalue weighted by Crippen LogP contribution is -2.51. The minimum Gasteiger partial charge on any atom is -0.472 e. The summed E-state index contributed by atoms with van der Waals surface area (Å²) in [5.74, 6) is 0. The van der Waals surface area contributed by atoms with Crippen LogP contribution in [0.15, 0.2) is 53.3 Å². The molecule has 0 radical (unpaired) electrons. The van der Waals surface area contributed by atoms with E-state index in [0.29, 0.717) is 0 Å². The number of furan rings is 1. The zero-order valence-electron chi connectivity index (χ0n) is 10.5. The molecule has 1 unspecified atom stereocenters. The second kappa shape index (κ2) is 4.62. The fourth-order valence-corrected chi connectivity index (χ4v) is 3.06. The summed E-state index contributed by atoms with van der Waals surface area (Å²) in [6.07, 6.45) is 8.11. The van der Waals surface area contributed by atoms with Crippen molar-refractivity contribution in [3.63, 3.8) is 0 Å². The first-order valence-corrected chi connectivity index (χ1v) is 6.63. The summed E-state index contributed by atoms with van der Waals surface area (Å²) in [6.45, 7) is 0. The maximum Gasteiger partial charge on any atom is 0.0935 e. The van der Waals surface area contributed by atoms with E-state index in [4.69, 9.17) is 10.2 Å². The number of rotatable bonds is 4. The first-order chi connectivity index (χ1) is 8.81. The van der Waals surface area contributed by atoms with E-state index < -0.39 is 0 Å². The third kappa shape index (κ3) is 1.87. The van der Waals surface area contributed by atoms with Crippen molar-refractivity contribution in [1.82, 2.24) is 0 Å². The molecule has 0 aliphatic heterocycles. The van der Waals surface area contributed by atoms with Gasteiger partial charge < -0.3 is 10.2 Å². The van der Waals surface area contributed by atoms with E-state index in [1.807, 2.05) is 6.07 Å². The number of benzene rings is 1. The number of nitrogens with two attached hydrogens (primary N) is 1. The maximum absolute atomic E-state index is 6.50. The van der Waals surface area contributed by atoms with Gasteiger partial charge in [0.2, 0.25) is 0 Å². The first kappa shape index (κ1) is 11.5. The van der Waals surface area contributed by atoms with Crippen LogP contribution >= 0.6 is 0 Å². The fraction of sp³-hybridized carbons (Fsp3) is 0.375. The van der Waals surface area contributed by atoms with E-state index in [0.717, 1.165) is 6.42 Å². The van der Waals surface area contributed by atoms with Crippen LogP contribution in [-0.2, 0) is 11.8 Å². The van der Waals surface area contributed by atoms with Gasteiger partial charge in [0.1, 0.15) is 0 Å². The van der Waals surface area contributed by atoms with Crippen molar-refractivity contribution in [1.29, 1.82) is 0 Å². The average molecular weight is 241 g/mol. The molecule has 1 saturated carbocycles. The molecular weight excluding hydrogens is 222 g/mol. The Balaban J connectivity index is 1.83. The Morgan fingerprint density at radius 3 is 2.50 bits per heavy atom. The van der Waals surface area contributed by atoms with E-state index in [9.17, 15) is 0 Å². The van der Waals surface area contributed by atoms with Gasteiger partial charge in [-0.15, -0.1) is 0 Å². The lowest BCUT2D eigenvalue weighted by atomic mass is 9.59. The molecule has 1 aliphatic carbocycles. The van der Waals surface area contributed by atoms with Gasteiger partial charge in [-0.25, -0.2) is 0 Å². The van der Waals surface area contributed by atoms with Gasteiger partial charge in [0.15, 0.2) is 0 Å². The van der Waals surface area contributed by atoms with Crippen LogP contribution in [-0.4, -0.2) is 6.04 Å². The van der Waals surface area contributed by atoms with Crippen molar-refractivity contribution in [2.24, 2.45) is 5.73 Å². The molecule has 1 aromatic heterocycles. The summed E-state index contributed by atoms with van der Waals surface area (Å²) in [6, 6.07) is 12.9. The van der Waals surface area contributed by atoms with Crippen molar-refractivity contribution in [3.8, 4) is 0 Å². The molecule has 2 N–H and O–H groups in total. The third-order valence-electron chi connectivity index (χ3n) is 4.34. The van der Waals surface area contributed by atoms with Gasteiger partial charge in [0, 0.05) is 11.5 Å². The van der Waals surface area contributed by atoms with Crippen LogP contribution in [0.1, 0.15) is 30.4 Å². The van der Waals surface area contributed by atoms with Gasteiger partial charge in [-0.3, -0.25) is 0 Å². The van der Waals surface area contributed by atoms with Gasteiger partial charge in [-0.1, -0.05) is 36.8 Å². The predicted octanol–water partition coefficient (Wildman–Crippen LogP) is 3.27. The van der Waals surface area contributed by atoms with Crippen molar-refractivity contribution in [3.05, 3.63) is 60.1 Å². The molecule has 0 amide bonds. The normalized spacial score (nSPS) is 19.2. The van der Waals surface area contributed by atoms with E-state index in [1.54, 1.807) is 12.5 Å². The lowest BCUT2D eigenvalue weighted by molar-refractivity contribution is 0.194. The highest BCUT2D eigenvalue weighted by Gasteiger charge is 2.43. The van der Waals surface area contributed by atoms with E-state index in [2.05, 4.69) is 30.3 Å². The van der Waals surface area contributed by atoms with Gasteiger partial charge in [0.05, 0.1) is 12.5 Å². The molecule has 0 saturated heterocycles. The van der Waals surface area contributed by atoms with Crippen molar-refractivity contribution < 1.29 is 4.42 Å². The van der Waals surface area contributed by atoms with Crippen LogP contribution in [0.2, 0.25) is 0 Å². The predicted molar refractivity (Wildman–Crippen MR) is 72.4 cm³/mol. The van der Waals surface area contributed by atoms with Crippen LogP contribution in [0.4, 0.5) is 0 Å². The molecule has 1 aromatic carbocycles. The molecule has 1 atom stereocenters. The highest BCUT2D eigenvalue weighted by molar-refractivity contribution is 5.31. The Morgan fingerprint density at radius 2 is 1.94 bits per heavy atom. The van der Waals surface area contributed by atoms with Crippen LogP contribution in [0.5, 0.6) is 0 Å². The van der Waals surface area contributed by atoms with Gasteiger partial charge in [-0.2, -0.15) is 0 Å². The molecule has 1 aliphatic rings. The second-order valence-corrected chi connectivity index (χ2v) is 5.32. The summed E-state index contributed by atoms with van der Waals surface area (Å²) in [7, 11) is 0. The largest absolute Gasteiger partial charge is 0.472 e. The van der Waals surface area contributed by atoms with Gasteiger partial charge in [-0.05, 0) is 36.5 Å². The van der Waals surface area contributed by atoms with Crippen molar-refractivity contribution in [2.75, 3.05) is 0 Å². The molecule has 2 aromatic rings. The smallest absolute Gasteiger partial charge is 0.0935 e. The molecule has 0 spiro atoms. The molecule has 2 nitrogen and oxygen atoms in total. The average Bonchev–Trinajstić information content (AvgIpc) is 2.82. The SMILES string of the molecule is NC(Cc1ccoc1)C1(c2ccccc2)CCC1. The molecule has 94 valence electrons. The summed E-state index contributed by atoms with van der Waals surface area (Å²) < 4.78 is 5.13. The Labute approximate surface area is 108 Å². The zero-order chi connectivity index (χ0) is 12.4. The zero-order valence-corrected chi connectivity index (χ0v) is 10.5. The minimum absolute atomic E-state index is 0.172.